The molecule has 1 aliphatic heterocycles. The van der Waals surface area contributed by atoms with Crippen LogP contribution in [0.5, 0.6) is 0 Å². The fraction of sp³-hybridized carbons (Fsp3) is 0.533. The summed E-state index contributed by atoms with van der Waals surface area (Å²) < 4.78 is 5.59. The number of aliphatic imine (C=N–C) groups is 1. The molecule has 1 aliphatic rings. The van der Waals surface area contributed by atoms with Crippen molar-refractivity contribution >= 4 is 5.96 Å². The SMILES string of the molecule is CN=C(NCC1CCCO1)NC(C)c1ccccc1. The van der Waals surface area contributed by atoms with Crippen LogP contribution in [-0.2, 0) is 4.74 Å². The number of nitrogens with one attached hydrogen (secondary N) is 2. The first-order valence-electron chi connectivity index (χ1n) is 6.93. The molecule has 0 radical (unpaired) electrons. The topological polar surface area (TPSA) is 45.7 Å². The second-order valence-electron chi connectivity index (χ2n) is 4.86. The third-order valence-electron chi connectivity index (χ3n) is 3.40. The van der Waals surface area contributed by atoms with E-state index in [2.05, 4.69) is 46.8 Å². The normalized spacial score (nSPS) is 21.2. The van der Waals surface area contributed by atoms with Crippen molar-refractivity contribution in [3.63, 3.8) is 0 Å². The average molecular weight is 261 g/mol. The molecule has 1 heterocycles. The van der Waals surface area contributed by atoms with Crippen LogP contribution < -0.4 is 10.6 Å². The van der Waals surface area contributed by atoms with E-state index in [1.807, 2.05) is 6.07 Å². The molecule has 1 fully saturated rings. The molecule has 0 spiro atoms. The Morgan fingerprint density at radius 2 is 2.21 bits per heavy atom. The lowest BCUT2D eigenvalue weighted by molar-refractivity contribution is 0.113. The van der Waals surface area contributed by atoms with Crippen LogP contribution in [-0.4, -0.2) is 32.3 Å². The number of benzene rings is 1. The maximum atomic E-state index is 5.59. The Bertz CT molecular complexity index is 399. The molecule has 0 aromatic heterocycles. The van der Waals surface area contributed by atoms with E-state index in [0.717, 1.165) is 25.5 Å². The molecule has 19 heavy (non-hydrogen) atoms. The minimum atomic E-state index is 0.233. The van der Waals surface area contributed by atoms with Crippen LogP contribution in [0.4, 0.5) is 0 Å². The Labute approximate surface area is 115 Å². The van der Waals surface area contributed by atoms with E-state index in [-0.39, 0.29) is 6.04 Å². The van der Waals surface area contributed by atoms with Gasteiger partial charge in [-0.2, -0.15) is 0 Å². The van der Waals surface area contributed by atoms with Crippen molar-refractivity contribution < 1.29 is 4.74 Å². The Kier molecular flexibility index (Phi) is 5.21. The van der Waals surface area contributed by atoms with Crippen LogP contribution in [0.2, 0.25) is 0 Å². The molecule has 4 heteroatoms. The van der Waals surface area contributed by atoms with Crippen molar-refractivity contribution in [2.75, 3.05) is 20.2 Å². The van der Waals surface area contributed by atoms with Gasteiger partial charge in [-0.15, -0.1) is 0 Å². The highest BCUT2D eigenvalue weighted by Gasteiger charge is 2.16. The van der Waals surface area contributed by atoms with Crippen LogP contribution in [0.3, 0.4) is 0 Å². The van der Waals surface area contributed by atoms with Crippen molar-refractivity contribution in [1.82, 2.24) is 10.6 Å². The highest BCUT2D eigenvalue weighted by Crippen LogP contribution is 2.12. The lowest BCUT2D eigenvalue weighted by Crippen LogP contribution is -2.42. The van der Waals surface area contributed by atoms with Crippen molar-refractivity contribution in [1.29, 1.82) is 0 Å². The lowest BCUT2D eigenvalue weighted by atomic mass is 10.1. The summed E-state index contributed by atoms with van der Waals surface area (Å²) in [5.41, 5.74) is 1.25. The summed E-state index contributed by atoms with van der Waals surface area (Å²) >= 11 is 0. The van der Waals surface area contributed by atoms with Gasteiger partial charge in [-0.3, -0.25) is 4.99 Å². The predicted octanol–water partition coefficient (Wildman–Crippen LogP) is 2.09. The first kappa shape index (κ1) is 13.9. The summed E-state index contributed by atoms with van der Waals surface area (Å²) in [7, 11) is 1.79. The van der Waals surface area contributed by atoms with E-state index in [9.17, 15) is 0 Å². The van der Waals surface area contributed by atoms with Crippen molar-refractivity contribution in [2.45, 2.75) is 31.9 Å². The van der Waals surface area contributed by atoms with Gasteiger partial charge in [0, 0.05) is 20.2 Å². The van der Waals surface area contributed by atoms with Crippen molar-refractivity contribution in [2.24, 2.45) is 4.99 Å². The molecule has 0 saturated carbocycles. The first-order chi connectivity index (χ1) is 9.29. The Balaban J connectivity index is 1.81. The molecule has 0 aliphatic carbocycles. The molecule has 0 bridgehead atoms. The predicted molar refractivity (Wildman–Crippen MR) is 78.3 cm³/mol. The number of hydrogen-bond acceptors (Lipinski definition) is 2. The molecule has 2 rings (SSSR count). The standard InChI is InChI=1S/C15H23N3O/c1-12(13-7-4-3-5-8-13)18-15(16-2)17-11-14-9-6-10-19-14/h3-5,7-8,12,14H,6,9-11H2,1-2H3,(H2,16,17,18). The number of rotatable bonds is 4. The summed E-state index contributed by atoms with van der Waals surface area (Å²) in [4.78, 5) is 4.25. The van der Waals surface area contributed by atoms with E-state index < -0.39 is 0 Å². The fourth-order valence-corrected chi connectivity index (χ4v) is 2.24. The quantitative estimate of drug-likeness (QED) is 0.644. The molecule has 1 aromatic rings. The Hall–Kier alpha value is -1.55. The van der Waals surface area contributed by atoms with E-state index in [4.69, 9.17) is 4.74 Å². The fourth-order valence-electron chi connectivity index (χ4n) is 2.24. The van der Waals surface area contributed by atoms with E-state index >= 15 is 0 Å². The molecule has 2 N–H and O–H groups in total. The van der Waals surface area contributed by atoms with Crippen LogP contribution in [0.1, 0.15) is 31.4 Å². The van der Waals surface area contributed by atoms with E-state index in [1.54, 1.807) is 7.05 Å². The number of guanidine groups is 1. The molecule has 104 valence electrons. The van der Waals surface area contributed by atoms with E-state index in [0.29, 0.717) is 6.10 Å². The molecule has 0 amide bonds. The smallest absolute Gasteiger partial charge is 0.191 e. The largest absolute Gasteiger partial charge is 0.376 e. The van der Waals surface area contributed by atoms with Gasteiger partial charge in [0.25, 0.3) is 0 Å². The van der Waals surface area contributed by atoms with Gasteiger partial charge in [-0.25, -0.2) is 0 Å². The van der Waals surface area contributed by atoms with Gasteiger partial charge in [-0.1, -0.05) is 30.3 Å². The lowest BCUT2D eigenvalue weighted by Gasteiger charge is -2.19. The maximum absolute atomic E-state index is 5.59. The molecular weight excluding hydrogens is 238 g/mol. The second kappa shape index (κ2) is 7.14. The van der Waals surface area contributed by atoms with Gasteiger partial charge in [-0.05, 0) is 25.3 Å². The number of nitrogens with zero attached hydrogens (tertiary/aromatic N) is 1. The van der Waals surface area contributed by atoms with Crippen LogP contribution in [0, 0.1) is 0 Å². The zero-order chi connectivity index (χ0) is 13.5. The maximum Gasteiger partial charge on any atom is 0.191 e. The monoisotopic (exact) mass is 261 g/mol. The van der Waals surface area contributed by atoms with Crippen molar-refractivity contribution in [3.8, 4) is 0 Å². The third-order valence-corrected chi connectivity index (χ3v) is 3.40. The Morgan fingerprint density at radius 1 is 1.42 bits per heavy atom. The molecule has 2 unspecified atom stereocenters. The van der Waals surface area contributed by atoms with Gasteiger partial charge < -0.3 is 15.4 Å². The van der Waals surface area contributed by atoms with Crippen LogP contribution >= 0.6 is 0 Å². The number of hydrogen-bond donors (Lipinski definition) is 2. The minimum absolute atomic E-state index is 0.233. The zero-order valence-electron chi connectivity index (χ0n) is 11.7. The van der Waals surface area contributed by atoms with Gasteiger partial charge in [0.05, 0.1) is 12.1 Å². The Morgan fingerprint density at radius 3 is 2.84 bits per heavy atom. The van der Waals surface area contributed by atoms with Crippen LogP contribution in [0.15, 0.2) is 35.3 Å². The van der Waals surface area contributed by atoms with Gasteiger partial charge in [0.2, 0.25) is 0 Å². The van der Waals surface area contributed by atoms with Gasteiger partial charge >= 0.3 is 0 Å². The number of ether oxygens (including phenoxy) is 1. The van der Waals surface area contributed by atoms with E-state index in [1.165, 1.54) is 12.0 Å². The summed E-state index contributed by atoms with van der Waals surface area (Å²) in [6.45, 7) is 3.84. The highest BCUT2D eigenvalue weighted by molar-refractivity contribution is 5.80. The summed E-state index contributed by atoms with van der Waals surface area (Å²) in [5, 5.41) is 6.72. The molecule has 1 saturated heterocycles. The van der Waals surface area contributed by atoms with Crippen LogP contribution in [0.25, 0.3) is 0 Å². The third kappa shape index (κ3) is 4.24. The molecule has 2 atom stereocenters. The zero-order valence-corrected chi connectivity index (χ0v) is 11.7. The second-order valence-corrected chi connectivity index (χ2v) is 4.86. The minimum Gasteiger partial charge on any atom is -0.376 e. The summed E-state index contributed by atoms with van der Waals surface area (Å²) in [6.07, 6.45) is 2.63. The average Bonchev–Trinajstić information content (AvgIpc) is 2.97. The molecule has 1 aromatic carbocycles. The summed E-state index contributed by atoms with van der Waals surface area (Å²) in [6, 6.07) is 10.6. The molecule has 4 nitrogen and oxygen atoms in total. The van der Waals surface area contributed by atoms with Gasteiger partial charge in [0.15, 0.2) is 5.96 Å². The van der Waals surface area contributed by atoms with Crippen molar-refractivity contribution in [3.05, 3.63) is 35.9 Å². The first-order valence-corrected chi connectivity index (χ1v) is 6.93. The van der Waals surface area contributed by atoms with Gasteiger partial charge in [0.1, 0.15) is 0 Å². The highest BCUT2D eigenvalue weighted by atomic mass is 16.5. The summed E-state index contributed by atoms with van der Waals surface area (Å²) in [5.74, 6) is 0.826. The molecular formula is C15H23N3O.